The number of carbonyl (C=O) groups excluding carboxylic acids is 1. The second-order valence-electron chi connectivity index (χ2n) is 2.72. The molecule has 6 heteroatoms. The lowest BCUT2D eigenvalue weighted by molar-refractivity contribution is -0.157. The van der Waals surface area contributed by atoms with Crippen molar-refractivity contribution in [2.24, 2.45) is 0 Å². The number of likely N-dealkylation sites (tertiary alicyclic amines) is 1. The third kappa shape index (κ3) is 2.10. The van der Waals surface area contributed by atoms with Crippen LogP contribution >= 0.6 is 0 Å². The van der Waals surface area contributed by atoms with Gasteiger partial charge in [-0.1, -0.05) is 6.04 Å². The van der Waals surface area contributed by atoms with Crippen molar-refractivity contribution in [3.05, 3.63) is 5.73 Å². The molecule has 1 aliphatic rings. The van der Waals surface area contributed by atoms with Crippen molar-refractivity contribution in [2.75, 3.05) is 13.1 Å². The quantitative estimate of drug-likeness (QED) is 0.599. The van der Waals surface area contributed by atoms with Gasteiger partial charge in [0.25, 0.3) is 0 Å². The van der Waals surface area contributed by atoms with Gasteiger partial charge in [0.2, 0.25) is 5.91 Å². The summed E-state index contributed by atoms with van der Waals surface area (Å²) in [4.78, 5) is 11.5. The molecule has 0 aromatic carbocycles. The lowest BCUT2D eigenvalue weighted by atomic mass is 10.3. The molecule has 1 N–H and O–H groups in total. The molecular weight excluding hydrogens is 173 g/mol. The number of hydrogen-bond donors (Lipinski definition) is 0. The van der Waals surface area contributed by atoms with Crippen LogP contribution in [0.3, 0.4) is 0 Å². The number of nitrogens with one attached hydrogen (secondary N) is 1. The molecule has 1 aliphatic heterocycles. The summed E-state index contributed by atoms with van der Waals surface area (Å²) in [5.41, 5.74) is 7.02. The zero-order valence-corrected chi connectivity index (χ0v) is 6.19. The van der Waals surface area contributed by atoms with Crippen molar-refractivity contribution in [3.8, 4) is 0 Å². The Hall–Kier alpha value is -0.780. The molecule has 0 spiro atoms. The molecule has 70 valence electrons. The lowest BCUT2D eigenvalue weighted by Crippen LogP contribution is -2.36. The zero-order chi connectivity index (χ0) is 9.35. The summed E-state index contributed by atoms with van der Waals surface area (Å²) < 4.78 is 35.3. The van der Waals surface area contributed by atoms with Gasteiger partial charge in [0.15, 0.2) is 0 Å². The standard InChI is InChI=1S/C6H8F3N2O/c7-6(8,9)3-11-2-1-4(10)5(11)12/h4,10H,1-3H2/q-1. The molecule has 1 heterocycles. The van der Waals surface area contributed by atoms with E-state index in [1.54, 1.807) is 0 Å². The third-order valence-electron chi connectivity index (χ3n) is 1.67. The van der Waals surface area contributed by atoms with Crippen LogP contribution in [-0.2, 0) is 4.79 Å². The minimum absolute atomic E-state index is 0.0481. The van der Waals surface area contributed by atoms with Crippen LogP contribution in [0.1, 0.15) is 6.42 Å². The molecule has 0 aromatic rings. The predicted molar refractivity (Wildman–Crippen MR) is 35.4 cm³/mol. The summed E-state index contributed by atoms with van der Waals surface area (Å²) in [6.07, 6.45) is -4.14. The topological polar surface area (TPSA) is 44.1 Å². The number of rotatable bonds is 1. The Morgan fingerprint density at radius 2 is 2.17 bits per heavy atom. The van der Waals surface area contributed by atoms with Gasteiger partial charge in [-0.15, -0.1) is 0 Å². The van der Waals surface area contributed by atoms with Crippen LogP contribution in [0.15, 0.2) is 0 Å². The van der Waals surface area contributed by atoms with Gasteiger partial charge < -0.3 is 10.6 Å². The molecule has 0 aromatic heterocycles. The molecule has 0 radical (unpaired) electrons. The maximum atomic E-state index is 11.8. The second-order valence-corrected chi connectivity index (χ2v) is 2.72. The summed E-state index contributed by atoms with van der Waals surface area (Å²) in [7, 11) is 0. The molecule has 1 rings (SSSR count). The molecular formula is C6H8F3N2O-. The summed E-state index contributed by atoms with van der Waals surface area (Å²) in [5.74, 6) is -0.715. The smallest absolute Gasteiger partial charge is 0.406 e. The van der Waals surface area contributed by atoms with Gasteiger partial charge in [-0.25, -0.2) is 0 Å². The first-order valence-electron chi connectivity index (χ1n) is 3.47. The van der Waals surface area contributed by atoms with Crippen molar-refractivity contribution in [2.45, 2.75) is 18.6 Å². The van der Waals surface area contributed by atoms with Crippen LogP contribution < -0.4 is 0 Å². The van der Waals surface area contributed by atoms with E-state index < -0.39 is 24.7 Å². The largest absolute Gasteiger partial charge is 0.667 e. The number of hydrogen-bond acceptors (Lipinski definition) is 1. The summed E-state index contributed by atoms with van der Waals surface area (Å²) >= 11 is 0. The Kier molecular flexibility index (Phi) is 2.27. The van der Waals surface area contributed by atoms with Gasteiger partial charge in [0.1, 0.15) is 6.54 Å². The predicted octanol–water partition coefficient (Wildman–Crippen LogP) is 1.20. The van der Waals surface area contributed by atoms with Crippen LogP contribution in [0.25, 0.3) is 5.73 Å². The first-order valence-corrected chi connectivity index (χ1v) is 3.47. The highest BCUT2D eigenvalue weighted by Gasteiger charge is 2.35. The van der Waals surface area contributed by atoms with Gasteiger partial charge >= 0.3 is 6.18 Å². The molecule has 1 unspecified atom stereocenters. The average Bonchev–Trinajstić information content (AvgIpc) is 2.16. The molecule has 1 saturated heterocycles. The summed E-state index contributed by atoms with van der Waals surface area (Å²) in [6, 6.07) is -0.993. The molecule has 1 fully saturated rings. The second kappa shape index (κ2) is 2.93. The highest BCUT2D eigenvalue weighted by atomic mass is 19.4. The first-order chi connectivity index (χ1) is 5.40. The molecule has 1 amide bonds. The molecule has 12 heavy (non-hydrogen) atoms. The van der Waals surface area contributed by atoms with Crippen molar-refractivity contribution in [1.82, 2.24) is 4.90 Å². The van der Waals surface area contributed by atoms with Crippen LogP contribution in [-0.4, -0.2) is 36.1 Å². The number of amides is 1. The fraction of sp³-hybridized carbons (Fsp3) is 0.833. The van der Waals surface area contributed by atoms with Gasteiger partial charge in [0.05, 0.1) is 0 Å². The first kappa shape index (κ1) is 9.31. The van der Waals surface area contributed by atoms with Crippen LogP contribution in [0.2, 0.25) is 0 Å². The minimum Gasteiger partial charge on any atom is -0.667 e. The number of carbonyl (C=O) groups is 1. The Balaban J connectivity index is 2.50. The highest BCUT2D eigenvalue weighted by Crippen LogP contribution is 2.21. The maximum absolute atomic E-state index is 11.8. The van der Waals surface area contributed by atoms with Crippen LogP contribution in [0.4, 0.5) is 13.2 Å². The van der Waals surface area contributed by atoms with E-state index in [0.29, 0.717) is 4.90 Å². The van der Waals surface area contributed by atoms with Crippen molar-refractivity contribution in [1.29, 1.82) is 0 Å². The lowest BCUT2D eigenvalue weighted by Gasteiger charge is -2.19. The SMILES string of the molecule is [NH-]C1CCN(CC(F)(F)F)C1=O. The van der Waals surface area contributed by atoms with Gasteiger partial charge in [-0.3, -0.25) is 4.79 Å². The van der Waals surface area contributed by atoms with E-state index in [1.807, 2.05) is 0 Å². The fourth-order valence-corrected chi connectivity index (χ4v) is 1.11. The van der Waals surface area contributed by atoms with E-state index in [4.69, 9.17) is 5.73 Å². The Labute approximate surface area is 67.3 Å². The maximum Gasteiger partial charge on any atom is 0.406 e. The van der Waals surface area contributed by atoms with E-state index in [1.165, 1.54) is 0 Å². The van der Waals surface area contributed by atoms with E-state index >= 15 is 0 Å². The van der Waals surface area contributed by atoms with E-state index in [9.17, 15) is 18.0 Å². The average molecular weight is 181 g/mol. The van der Waals surface area contributed by atoms with E-state index in [0.717, 1.165) is 0 Å². The number of halogens is 3. The Bertz CT molecular complexity index is 192. The molecule has 0 bridgehead atoms. The van der Waals surface area contributed by atoms with Crippen molar-refractivity contribution < 1.29 is 18.0 Å². The van der Waals surface area contributed by atoms with Crippen molar-refractivity contribution in [3.63, 3.8) is 0 Å². The molecule has 0 aliphatic carbocycles. The monoisotopic (exact) mass is 181 g/mol. The number of alkyl halides is 3. The van der Waals surface area contributed by atoms with Gasteiger partial charge in [-0.05, 0) is 6.42 Å². The number of nitrogens with zero attached hydrogens (tertiary/aromatic N) is 1. The van der Waals surface area contributed by atoms with Gasteiger partial charge in [-0.2, -0.15) is 13.2 Å². The van der Waals surface area contributed by atoms with E-state index in [-0.39, 0.29) is 13.0 Å². The fourth-order valence-electron chi connectivity index (χ4n) is 1.11. The van der Waals surface area contributed by atoms with Crippen LogP contribution in [0, 0.1) is 0 Å². The zero-order valence-electron chi connectivity index (χ0n) is 6.19. The summed E-state index contributed by atoms with van der Waals surface area (Å²) in [6.45, 7) is -1.17. The Morgan fingerprint density at radius 1 is 1.58 bits per heavy atom. The summed E-state index contributed by atoms with van der Waals surface area (Å²) in [5, 5.41) is 0. The highest BCUT2D eigenvalue weighted by molar-refractivity contribution is 5.85. The third-order valence-corrected chi connectivity index (χ3v) is 1.67. The van der Waals surface area contributed by atoms with Crippen molar-refractivity contribution >= 4 is 5.91 Å². The van der Waals surface area contributed by atoms with Gasteiger partial charge in [0, 0.05) is 6.54 Å². The molecule has 0 saturated carbocycles. The molecule has 1 atom stereocenters. The minimum atomic E-state index is -4.35. The van der Waals surface area contributed by atoms with E-state index in [2.05, 4.69) is 0 Å². The van der Waals surface area contributed by atoms with Crippen LogP contribution in [0.5, 0.6) is 0 Å². The Morgan fingerprint density at radius 3 is 2.50 bits per heavy atom. The molecule has 3 nitrogen and oxygen atoms in total. The normalized spacial score (nSPS) is 25.2.